The van der Waals surface area contributed by atoms with E-state index in [1.165, 1.54) is 10.7 Å². The third kappa shape index (κ3) is 1.92. The van der Waals surface area contributed by atoms with E-state index in [0.717, 1.165) is 0 Å². The van der Waals surface area contributed by atoms with Gasteiger partial charge in [-0.25, -0.2) is 8.91 Å². The smallest absolute Gasteiger partial charge is 0.160 e. The van der Waals surface area contributed by atoms with Crippen molar-refractivity contribution in [3.8, 4) is 0 Å². The van der Waals surface area contributed by atoms with Crippen molar-refractivity contribution in [3.05, 3.63) is 30.1 Å². The van der Waals surface area contributed by atoms with Crippen molar-refractivity contribution in [1.82, 2.24) is 9.61 Å². The molecule has 1 aliphatic heterocycles. The van der Waals surface area contributed by atoms with Gasteiger partial charge >= 0.3 is 0 Å². The number of anilines is 1. The van der Waals surface area contributed by atoms with Crippen molar-refractivity contribution < 1.29 is 19.3 Å². The summed E-state index contributed by atoms with van der Waals surface area (Å²) in [4.78, 5) is 0. The number of hydrogen-bond donors (Lipinski definition) is 3. The van der Waals surface area contributed by atoms with E-state index in [9.17, 15) is 14.6 Å². The normalized spacial score (nSPS) is 32.9. The highest BCUT2D eigenvalue weighted by atomic mass is 19.1. The van der Waals surface area contributed by atoms with Gasteiger partial charge in [0.1, 0.15) is 17.8 Å². The molecule has 114 valence electrons. The molecule has 6 nitrogen and oxygen atoms in total. The molecule has 21 heavy (non-hydrogen) atoms. The lowest BCUT2D eigenvalue weighted by Crippen LogP contribution is -2.44. The lowest BCUT2D eigenvalue weighted by atomic mass is 9.93. The molecule has 0 bridgehead atoms. The van der Waals surface area contributed by atoms with Crippen LogP contribution in [0, 0.1) is 0 Å². The van der Waals surface area contributed by atoms with Crippen molar-refractivity contribution in [2.24, 2.45) is 0 Å². The number of nitrogen functional groups attached to an aromatic ring is 1. The molecular weight excluding hydrogens is 277 g/mol. The van der Waals surface area contributed by atoms with Gasteiger partial charge in [0.05, 0.1) is 23.5 Å². The van der Waals surface area contributed by atoms with Crippen LogP contribution in [-0.4, -0.2) is 44.3 Å². The number of nitrogens with zero attached hydrogens (tertiary/aromatic N) is 2. The fourth-order valence-electron chi connectivity index (χ4n) is 2.87. The number of aliphatic hydroxyl groups is 2. The molecule has 3 heterocycles. The molecule has 3 rings (SSSR count). The molecule has 4 atom stereocenters. The maximum atomic E-state index is 14.5. The van der Waals surface area contributed by atoms with Gasteiger partial charge in [-0.3, -0.25) is 0 Å². The summed E-state index contributed by atoms with van der Waals surface area (Å²) >= 11 is 0. The Morgan fingerprint density at radius 2 is 2.24 bits per heavy atom. The fraction of sp³-hybridized carbons (Fsp3) is 0.500. The standard InChI is InChI=1S/C14H18FN3O3/c1-2-14(7-19)13(20)11(15)12(21-14)10-4-3-9-8(16)5-6-17-18(9)10/h3-6,11-13,19-20H,2,7,16H2,1H3/t11-,12-,13-,14+/m0/s1. The first-order valence-electron chi connectivity index (χ1n) is 6.87. The number of rotatable bonds is 3. The average Bonchev–Trinajstić information content (AvgIpc) is 3.02. The number of alkyl halides is 1. The van der Waals surface area contributed by atoms with Gasteiger partial charge in [-0.1, -0.05) is 6.92 Å². The van der Waals surface area contributed by atoms with Crippen molar-refractivity contribution in [1.29, 1.82) is 0 Å². The van der Waals surface area contributed by atoms with Crippen LogP contribution < -0.4 is 5.73 Å². The summed E-state index contributed by atoms with van der Waals surface area (Å²) < 4.78 is 21.7. The first-order valence-corrected chi connectivity index (χ1v) is 6.87. The lowest BCUT2D eigenvalue weighted by Gasteiger charge is -2.28. The Bertz CT molecular complexity index is 656. The minimum Gasteiger partial charge on any atom is -0.397 e. The first-order chi connectivity index (χ1) is 10.0. The predicted octanol–water partition coefficient (Wildman–Crippen LogP) is 0.828. The number of halogens is 1. The highest BCUT2D eigenvalue weighted by molar-refractivity contribution is 5.69. The van der Waals surface area contributed by atoms with Crippen molar-refractivity contribution in [3.63, 3.8) is 0 Å². The minimum absolute atomic E-state index is 0.306. The van der Waals surface area contributed by atoms with E-state index >= 15 is 0 Å². The second kappa shape index (κ2) is 4.94. The molecule has 7 heteroatoms. The molecule has 0 aliphatic carbocycles. The summed E-state index contributed by atoms with van der Waals surface area (Å²) in [6.45, 7) is 1.29. The van der Waals surface area contributed by atoms with Gasteiger partial charge in [-0.2, -0.15) is 5.10 Å². The fourth-order valence-corrected chi connectivity index (χ4v) is 2.87. The first kappa shape index (κ1) is 14.2. The van der Waals surface area contributed by atoms with Crippen LogP contribution in [-0.2, 0) is 4.74 Å². The zero-order valence-electron chi connectivity index (χ0n) is 11.6. The summed E-state index contributed by atoms with van der Waals surface area (Å²) in [6.07, 6.45) is -2.20. The van der Waals surface area contributed by atoms with Gasteiger partial charge in [0, 0.05) is 6.20 Å². The molecule has 1 fully saturated rings. The Kier molecular flexibility index (Phi) is 3.35. The third-order valence-corrected chi connectivity index (χ3v) is 4.27. The molecule has 0 radical (unpaired) electrons. The molecule has 2 aromatic heterocycles. The number of ether oxygens (including phenoxy) is 1. The summed E-state index contributed by atoms with van der Waals surface area (Å²) in [5, 5.41) is 23.7. The van der Waals surface area contributed by atoms with Crippen LogP contribution in [0.4, 0.5) is 10.1 Å². The van der Waals surface area contributed by atoms with Crippen LogP contribution in [0.1, 0.15) is 25.1 Å². The summed E-state index contributed by atoms with van der Waals surface area (Å²) in [5.41, 5.74) is 6.20. The molecule has 4 N–H and O–H groups in total. The van der Waals surface area contributed by atoms with E-state index in [0.29, 0.717) is 23.3 Å². The number of nitrogens with two attached hydrogens (primary N) is 1. The Morgan fingerprint density at radius 1 is 1.48 bits per heavy atom. The van der Waals surface area contributed by atoms with E-state index < -0.39 is 30.6 Å². The summed E-state index contributed by atoms with van der Waals surface area (Å²) in [6, 6.07) is 5.05. The second-order valence-electron chi connectivity index (χ2n) is 5.35. The summed E-state index contributed by atoms with van der Waals surface area (Å²) in [5.74, 6) is 0. The molecule has 0 amide bonds. The van der Waals surface area contributed by atoms with Crippen LogP contribution in [0.25, 0.3) is 5.52 Å². The van der Waals surface area contributed by atoms with Gasteiger partial charge in [-0.05, 0) is 24.6 Å². The molecule has 0 aromatic carbocycles. The lowest BCUT2D eigenvalue weighted by molar-refractivity contribution is -0.115. The van der Waals surface area contributed by atoms with Gasteiger partial charge < -0.3 is 20.7 Å². The Hall–Kier alpha value is -1.70. The van der Waals surface area contributed by atoms with Gasteiger partial charge in [0.25, 0.3) is 0 Å². The van der Waals surface area contributed by atoms with E-state index in [1.807, 2.05) is 0 Å². The molecule has 1 aliphatic rings. The number of fused-ring (bicyclic) bond motifs is 1. The van der Waals surface area contributed by atoms with E-state index in [1.54, 1.807) is 25.1 Å². The second-order valence-corrected chi connectivity index (χ2v) is 5.35. The summed E-state index contributed by atoms with van der Waals surface area (Å²) in [7, 11) is 0. The highest BCUT2D eigenvalue weighted by Gasteiger charge is 2.55. The zero-order chi connectivity index (χ0) is 15.2. The zero-order valence-corrected chi connectivity index (χ0v) is 11.6. The third-order valence-electron chi connectivity index (χ3n) is 4.27. The maximum Gasteiger partial charge on any atom is 0.160 e. The molecule has 0 spiro atoms. The SMILES string of the molecule is CC[C@]1(CO)O[C@@H](c2ccc3c(N)ccnn23)[C@H](F)[C@@H]1O. The van der Waals surface area contributed by atoms with E-state index in [-0.39, 0.29) is 0 Å². The van der Waals surface area contributed by atoms with Crippen molar-refractivity contribution in [2.45, 2.75) is 37.3 Å². The Labute approximate surface area is 120 Å². The van der Waals surface area contributed by atoms with Crippen molar-refractivity contribution >= 4 is 11.2 Å². The van der Waals surface area contributed by atoms with Gasteiger partial charge in [0.15, 0.2) is 6.17 Å². The predicted molar refractivity (Wildman–Crippen MR) is 74.4 cm³/mol. The van der Waals surface area contributed by atoms with Gasteiger partial charge in [0.2, 0.25) is 0 Å². The molecule has 1 saturated heterocycles. The van der Waals surface area contributed by atoms with Crippen LogP contribution in [0.5, 0.6) is 0 Å². The minimum atomic E-state index is -1.64. The Balaban J connectivity index is 2.06. The number of hydrogen-bond acceptors (Lipinski definition) is 5. The highest BCUT2D eigenvalue weighted by Crippen LogP contribution is 2.43. The average molecular weight is 295 g/mol. The topological polar surface area (TPSA) is 93.0 Å². The molecule has 2 aromatic rings. The molecule has 0 unspecified atom stereocenters. The molecule has 0 saturated carbocycles. The number of aliphatic hydroxyl groups excluding tert-OH is 2. The van der Waals surface area contributed by atoms with Crippen LogP contribution in [0.2, 0.25) is 0 Å². The maximum absolute atomic E-state index is 14.5. The van der Waals surface area contributed by atoms with E-state index in [2.05, 4.69) is 5.10 Å². The monoisotopic (exact) mass is 295 g/mol. The molecular formula is C14H18FN3O3. The largest absolute Gasteiger partial charge is 0.397 e. The van der Waals surface area contributed by atoms with Crippen molar-refractivity contribution in [2.75, 3.05) is 12.3 Å². The quantitative estimate of drug-likeness (QED) is 0.780. The van der Waals surface area contributed by atoms with Crippen LogP contribution in [0.3, 0.4) is 0 Å². The van der Waals surface area contributed by atoms with Crippen LogP contribution in [0.15, 0.2) is 24.4 Å². The van der Waals surface area contributed by atoms with Crippen LogP contribution >= 0.6 is 0 Å². The van der Waals surface area contributed by atoms with Gasteiger partial charge in [-0.15, -0.1) is 0 Å². The number of aromatic nitrogens is 2. The van der Waals surface area contributed by atoms with E-state index in [4.69, 9.17) is 10.5 Å². The Morgan fingerprint density at radius 3 is 2.86 bits per heavy atom.